The van der Waals surface area contributed by atoms with E-state index in [9.17, 15) is 9.50 Å². The number of benzene rings is 1. The average Bonchev–Trinajstić information content (AvgIpc) is 2.38. The first-order valence-corrected chi connectivity index (χ1v) is 6.91. The maximum absolute atomic E-state index is 14.2. The molecule has 0 amide bonds. The van der Waals surface area contributed by atoms with Crippen molar-refractivity contribution in [3.05, 3.63) is 29.6 Å². The predicted molar refractivity (Wildman–Crippen MR) is 79.6 cm³/mol. The predicted octanol–water partition coefficient (Wildman–Crippen LogP) is 1.94. The summed E-state index contributed by atoms with van der Waals surface area (Å²) >= 11 is 0. The average molecular weight is 284 g/mol. The van der Waals surface area contributed by atoms with Crippen molar-refractivity contribution < 1.29 is 14.2 Å². The fourth-order valence-electron chi connectivity index (χ4n) is 2.35. The van der Waals surface area contributed by atoms with E-state index >= 15 is 0 Å². The van der Waals surface area contributed by atoms with Gasteiger partial charge in [0, 0.05) is 26.7 Å². The Morgan fingerprint density at radius 3 is 2.75 bits per heavy atom. The number of para-hydroxylation sites is 1. The van der Waals surface area contributed by atoms with Crippen molar-refractivity contribution in [2.24, 2.45) is 0 Å². The first kappa shape index (κ1) is 16.9. The number of methoxy groups -OCH3 is 1. The molecule has 0 saturated heterocycles. The summed E-state index contributed by atoms with van der Waals surface area (Å²) in [6, 6.07) is 5.11. The van der Waals surface area contributed by atoms with Crippen LogP contribution in [-0.2, 0) is 4.74 Å². The van der Waals surface area contributed by atoms with Crippen LogP contribution in [0, 0.1) is 5.82 Å². The summed E-state index contributed by atoms with van der Waals surface area (Å²) in [6.07, 6.45) is -0.646. The molecule has 0 bridgehead atoms. The van der Waals surface area contributed by atoms with Gasteiger partial charge in [0.1, 0.15) is 5.82 Å². The summed E-state index contributed by atoms with van der Waals surface area (Å²) < 4.78 is 19.1. The number of aliphatic hydroxyl groups excluding tert-OH is 1. The number of hydrogen-bond donors (Lipinski definition) is 2. The summed E-state index contributed by atoms with van der Waals surface area (Å²) in [7, 11) is 3.31. The van der Waals surface area contributed by atoms with E-state index in [4.69, 9.17) is 4.74 Å². The number of rotatable bonds is 8. The monoisotopic (exact) mass is 284 g/mol. The van der Waals surface area contributed by atoms with Crippen molar-refractivity contribution in [2.75, 3.05) is 38.8 Å². The van der Waals surface area contributed by atoms with Crippen LogP contribution in [0.3, 0.4) is 0 Å². The second kappa shape index (κ2) is 8.19. The molecule has 2 N–H and O–H groups in total. The molecular weight excluding hydrogens is 259 g/mol. The maximum Gasteiger partial charge on any atom is 0.146 e. The van der Waals surface area contributed by atoms with Gasteiger partial charge in [-0.1, -0.05) is 19.1 Å². The summed E-state index contributed by atoms with van der Waals surface area (Å²) in [5, 5.41) is 13.1. The third kappa shape index (κ3) is 4.44. The van der Waals surface area contributed by atoms with Crippen LogP contribution < -0.4 is 10.2 Å². The van der Waals surface area contributed by atoms with Gasteiger partial charge in [0.25, 0.3) is 0 Å². The molecule has 0 aliphatic rings. The van der Waals surface area contributed by atoms with Crippen molar-refractivity contribution in [1.29, 1.82) is 0 Å². The Morgan fingerprint density at radius 1 is 1.45 bits per heavy atom. The fraction of sp³-hybridized carbons (Fsp3) is 0.600. The highest BCUT2D eigenvalue weighted by molar-refractivity contribution is 5.55. The molecule has 0 radical (unpaired) electrons. The minimum Gasteiger partial charge on any atom is -0.389 e. The standard InChI is InChI=1S/C15H25FN2O2/c1-5-17-11(2)13-7-6-8-14(16)15(13)18(3)9-12(19)10-20-4/h6-8,11-12,17,19H,5,9-10H2,1-4H3. The van der Waals surface area contributed by atoms with Crippen LogP contribution in [-0.4, -0.2) is 45.1 Å². The normalized spacial score (nSPS) is 14.1. The Labute approximate surface area is 120 Å². The zero-order valence-electron chi connectivity index (χ0n) is 12.7. The fourth-order valence-corrected chi connectivity index (χ4v) is 2.35. The molecule has 0 aliphatic heterocycles. The quantitative estimate of drug-likeness (QED) is 0.766. The lowest BCUT2D eigenvalue weighted by Gasteiger charge is -2.27. The highest BCUT2D eigenvalue weighted by Crippen LogP contribution is 2.28. The SMILES string of the molecule is CCNC(C)c1cccc(F)c1N(C)CC(O)COC. The lowest BCUT2D eigenvalue weighted by molar-refractivity contribution is 0.0694. The Kier molecular flexibility index (Phi) is 6.91. The van der Waals surface area contributed by atoms with Crippen LogP contribution in [0.15, 0.2) is 18.2 Å². The number of aliphatic hydroxyl groups is 1. The van der Waals surface area contributed by atoms with E-state index in [1.54, 1.807) is 18.0 Å². The Hall–Kier alpha value is -1.17. The van der Waals surface area contributed by atoms with Crippen LogP contribution in [0.1, 0.15) is 25.5 Å². The van der Waals surface area contributed by atoms with Crippen molar-refractivity contribution in [3.8, 4) is 0 Å². The highest BCUT2D eigenvalue weighted by atomic mass is 19.1. The molecule has 4 nitrogen and oxygen atoms in total. The number of ether oxygens (including phenoxy) is 1. The topological polar surface area (TPSA) is 44.7 Å². The molecule has 2 unspecified atom stereocenters. The molecule has 0 spiro atoms. The van der Waals surface area contributed by atoms with E-state index < -0.39 is 6.10 Å². The van der Waals surface area contributed by atoms with Crippen LogP contribution >= 0.6 is 0 Å². The lowest BCUT2D eigenvalue weighted by atomic mass is 10.0. The summed E-state index contributed by atoms with van der Waals surface area (Å²) in [4.78, 5) is 1.74. The molecule has 5 heteroatoms. The van der Waals surface area contributed by atoms with Crippen molar-refractivity contribution >= 4 is 5.69 Å². The van der Waals surface area contributed by atoms with E-state index in [0.29, 0.717) is 12.2 Å². The number of nitrogens with one attached hydrogen (secondary N) is 1. The zero-order valence-corrected chi connectivity index (χ0v) is 12.7. The summed E-state index contributed by atoms with van der Waals surface area (Å²) in [5.41, 5.74) is 1.41. The Balaban J connectivity index is 2.96. The smallest absolute Gasteiger partial charge is 0.146 e. The van der Waals surface area contributed by atoms with Crippen LogP contribution in [0.4, 0.5) is 10.1 Å². The molecule has 0 heterocycles. The molecule has 1 rings (SSSR count). The van der Waals surface area contributed by atoms with Gasteiger partial charge < -0.3 is 20.1 Å². The zero-order chi connectivity index (χ0) is 15.1. The molecule has 0 fully saturated rings. The molecule has 0 saturated carbocycles. The van der Waals surface area contributed by atoms with E-state index in [0.717, 1.165) is 12.1 Å². The van der Waals surface area contributed by atoms with Gasteiger partial charge in [-0.15, -0.1) is 0 Å². The molecular formula is C15H25FN2O2. The minimum absolute atomic E-state index is 0.0488. The van der Waals surface area contributed by atoms with Crippen molar-refractivity contribution in [3.63, 3.8) is 0 Å². The van der Waals surface area contributed by atoms with E-state index in [1.165, 1.54) is 13.2 Å². The highest BCUT2D eigenvalue weighted by Gasteiger charge is 2.18. The van der Waals surface area contributed by atoms with Gasteiger partial charge in [-0.05, 0) is 25.1 Å². The Morgan fingerprint density at radius 2 is 2.15 bits per heavy atom. The van der Waals surface area contributed by atoms with Crippen LogP contribution in [0.25, 0.3) is 0 Å². The van der Waals surface area contributed by atoms with E-state index in [2.05, 4.69) is 5.32 Å². The summed E-state index contributed by atoms with van der Waals surface area (Å²) in [6.45, 7) is 5.38. The van der Waals surface area contributed by atoms with Crippen molar-refractivity contribution in [2.45, 2.75) is 26.0 Å². The van der Waals surface area contributed by atoms with Gasteiger partial charge >= 0.3 is 0 Å². The number of halogens is 1. The number of likely N-dealkylation sites (N-methyl/N-ethyl adjacent to an activating group) is 1. The Bertz CT molecular complexity index is 415. The van der Waals surface area contributed by atoms with E-state index in [-0.39, 0.29) is 18.5 Å². The lowest BCUT2D eigenvalue weighted by Crippen LogP contribution is -2.33. The summed E-state index contributed by atoms with van der Waals surface area (Å²) in [5.74, 6) is -0.278. The van der Waals surface area contributed by atoms with E-state index in [1.807, 2.05) is 19.9 Å². The molecule has 2 atom stereocenters. The second-order valence-corrected chi connectivity index (χ2v) is 4.95. The second-order valence-electron chi connectivity index (χ2n) is 4.95. The third-order valence-corrected chi connectivity index (χ3v) is 3.22. The van der Waals surface area contributed by atoms with Crippen LogP contribution in [0.2, 0.25) is 0 Å². The first-order chi connectivity index (χ1) is 9.51. The van der Waals surface area contributed by atoms with Crippen molar-refractivity contribution in [1.82, 2.24) is 5.32 Å². The first-order valence-electron chi connectivity index (χ1n) is 6.91. The minimum atomic E-state index is -0.646. The van der Waals surface area contributed by atoms with Gasteiger partial charge in [-0.3, -0.25) is 0 Å². The molecule has 1 aromatic carbocycles. The molecule has 0 aliphatic carbocycles. The van der Waals surface area contributed by atoms with Gasteiger partial charge in [0.05, 0.1) is 18.4 Å². The molecule has 1 aromatic rings. The third-order valence-electron chi connectivity index (χ3n) is 3.22. The number of anilines is 1. The number of nitrogens with zero attached hydrogens (tertiary/aromatic N) is 1. The van der Waals surface area contributed by atoms with Gasteiger partial charge in [-0.25, -0.2) is 4.39 Å². The van der Waals surface area contributed by atoms with Crippen LogP contribution in [0.5, 0.6) is 0 Å². The van der Waals surface area contributed by atoms with Gasteiger partial charge in [0.15, 0.2) is 0 Å². The molecule has 0 aromatic heterocycles. The number of hydrogen-bond acceptors (Lipinski definition) is 4. The maximum atomic E-state index is 14.2. The van der Waals surface area contributed by atoms with Gasteiger partial charge in [0.2, 0.25) is 0 Å². The largest absolute Gasteiger partial charge is 0.389 e. The molecule has 20 heavy (non-hydrogen) atoms. The van der Waals surface area contributed by atoms with Gasteiger partial charge in [-0.2, -0.15) is 0 Å². The molecule has 114 valence electrons.